The molecule has 0 fully saturated rings. The van der Waals surface area contributed by atoms with Crippen LogP contribution < -0.4 is 0 Å². The van der Waals surface area contributed by atoms with Crippen LogP contribution >= 0.6 is 15.9 Å². The van der Waals surface area contributed by atoms with Gasteiger partial charge in [-0.2, -0.15) is 5.10 Å². The van der Waals surface area contributed by atoms with Crippen LogP contribution in [0.3, 0.4) is 0 Å². The van der Waals surface area contributed by atoms with Gasteiger partial charge in [-0.05, 0) is 29.3 Å². The summed E-state index contributed by atoms with van der Waals surface area (Å²) in [5.41, 5.74) is 1.95. The van der Waals surface area contributed by atoms with E-state index < -0.39 is 0 Å². The van der Waals surface area contributed by atoms with Crippen LogP contribution in [-0.2, 0) is 18.3 Å². The van der Waals surface area contributed by atoms with Gasteiger partial charge in [0.15, 0.2) is 0 Å². The van der Waals surface area contributed by atoms with Crippen molar-refractivity contribution in [3.63, 3.8) is 0 Å². The Morgan fingerprint density at radius 1 is 1.15 bits per heavy atom. The maximum Gasteiger partial charge on any atom is 0.138 e. The molecule has 20 heavy (non-hydrogen) atoms. The Labute approximate surface area is 131 Å². The monoisotopic (exact) mass is 342 g/mol. The average Bonchev–Trinajstić information content (AvgIpc) is 2.64. The van der Waals surface area contributed by atoms with Crippen molar-refractivity contribution in [1.82, 2.24) is 9.78 Å². The van der Waals surface area contributed by atoms with Gasteiger partial charge in [-0.25, -0.2) is 0 Å². The van der Waals surface area contributed by atoms with Gasteiger partial charge in [0, 0.05) is 19.9 Å². The van der Waals surface area contributed by atoms with E-state index >= 15 is 0 Å². The normalized spacial score (nSPS) is 11.0. The molecule has 0 N–H and O–H groups in total. The van der Waals surface area contributed by atoms with Crippen LogP contribution in [0, 0.1) is 6.92 Å². The Morgan fingerprint density at radius 3 is 2.30 bits per heavy atom. The van der Waals surface area contributed by atoms with Gasteiger partial charge in [0.1, 0.15) is 5.78 Å². The van der Waals surface area contributed by atoms with Crippen molar-refractivity contribution in [2.75, 3.05) is 0 Å². The van der Waals surface area contributed by atoms with Gasteiger partial charge >= 0.3 is 0 Å². The molecule has 114 valence electrons. The fraction of sp³-hybridized carbons (Fsp3) is 0.750. The highest BCUT2D eigenvalue weighted by Gasteiger charge is 2.13. The number of aryl methyl sites for hydroxylation is 2. The van der Waals surface area contributed by atoms with Gasteiger partial charge in [0.2, 0.25) is 0 Å². The molecule has 0 radical (unpaired) electrons. The molecule has 0 saturated carbocycles. The molecule has 1 aromatic rings. The summed E-state index contributed by atoms with van der Waals surface area (Å²) in [5, 5.41) is 4.32. The first-order valence-corrected chi connectivity index (χ1v) is 8.55. The second-order valence-electron chi connectivity index (χ2n) is 5.56. The molecular weight excluding hydrogens is 316 g/mol. The lowest BCUT2D eigenvalue weighted by molar-refractivity contribution is -0.118. The molecule has 3 nitrogen and oxygen atoms in total. The summed E-state index contributed by atoms with van der Waals surface area (Å²) in [6.07, 6.45) is 9.95. The zero-order chi connectivity index (χ0) is 15.0. The van der Waals surface area contributed by atoms with Crippen LogP contribution in [0.25, 0.3) is 0 Å². The molecule has 0 aliphatic rings. The molecule has 0 aliphatic carbocycles. The first-order valence-electron chi connectivity index (χ1n) is 7.76. The lowest BCUT2D eigenvalue weighted by Gasteiger charge is -2.03. The molecular formula is C16H27BrN2O. The highest BCUT2D eigenvalue weighted by atomic mass is 79.9. The summed E-state index contributed by atoms with van der Waals surface area (Å²) < 4.78 is 2.79. The summed E-state index contributed by atoms with van der Waals surface area (Å²) in [4.78, 5) is 12.0. The topological polar surface area (TPSA) is 34.9 Å². The Bertz CT molecular complexity index is 426. The fourth-order valence-corrected chi connectivity index (χ4v) is 2.90. The third-order valence-electron chi connectivity index (χ3n) is 3.69. The van der Waals surface area contributed by atoms with E-state index in [2.05, 4.69) is 28.0 Å². The Kier molecular flexibility index (Phi) is 8.12. The molecule has 1 heterocycles. The van der Waals surface area contributed by atoms with Crippen molar-refractivity contribution in [1.29, 1.82) is 0 Å². The van der Waals surface area contributed by atoms with Gasteiger partial charge < -0.3 is 0 Å². The number of hydrogen-bond acceptors (Lipinski definition) is 2. The summed E-state index contributed by atoms with van der Waals surface area (Å²) >= 11 is 3.51. The predicted octanol–water partition coefficient (Wildman–Crippen LogP) is 4.74. The molecule has 0 spiro atoms. The molecule has 1 aromatic heterocycles. The van der Waals surface area contributed by atoms with E-state index in [1.54, 1.807) is 0 Å². The summed E-state index contributed by atoms with van der Waals surface area (Å²) in [6.45, 7) is 4.19. The SMILES string of the molecule is CCCCCCCCCC(=O)Cc1c(Br)c(C)nn1C. The van der Waals surface area contributed by atoms with Crippen LogP contribution in [0.15, 0.2) is 4.47 Å². The van der Waals surface area contributed by atoms with E-state index in [0.29, 0.717) is 18.6 Å². The highest BCUT2D eigenvalue weighted by Crippen LogP contribution is 2.21. The highest BCUT2D eigenvalue weighted by molar-refractivity contribution is 9.10. The molecule has 0 aliphatic heterocycles. The quantitative estimate of drug-likeness (QED) is 0.575. The minimum atomic E-state index is 0.322. The largest absolute Gasteiger partial charge is 0.299 e. The van der Waals surface area contributed by atoms with E-state index in [9.17, 15) is 4.79 Å². The number of carbonyl (C=O) groups is 1. The molecule has 0 aromatic carbocycles. The van der Waals surface area contributed by atoms with Gasteiger partial charge in [-0.1, -0.05) is 45.4 Å². The number of nitrogens with zero attached hydrogens (tertiary/aromatic N) is 2. The van der Waals surface area contributed by atoms with E-state index in [1.165, 1.54) is 38.5 Å². The Balaban J connectivity index is 2.20. The summed E-state index contributed by atoms with van der Waals surface area (Å²) in [7, 11) is 1.90. The van der Waals surface area contributed by atoms with E-state index in [-0.39, 0.29) is 0 Å². The number of rotatable bonds is 10. The number of Topliss-reactive ketones (excluding diaryl/α,β-unsaturated/α-hetero) is 1. The second-order valence-corrected chi connectivity index (χ2v) is 6.35. The molecule has 0 saturated heterocycles. The van der Waals surface area contributed by atoms with E-state index in [0.717, 1.165) is 22.3 Å². The molecule has 1 rings (SSSR count). The number of carbonyl (C=O) groups excluding carboxylic acids is 1. The lowest BCUT2D eigenvalue weighted by Crippen LogP contribution is -2.07. The number of ketones is 1. The van der Waals surface area contributed by atoms with Crippen LogP contribution in [-0.4, -0.2) is 15.6 Å². The third-order valence-corrected chi connectivity index (χ3v) is 4.72. The van der Waals surface area contributed by atoms with Gasteiger partial charge in [0.05, 0.1) is 15.9 Å². The zero-order valence-corrected chi connectivity index (χ0v) is 14.6. The van der Waals surface area contributed by atoms with Crippen LogP contribution in [0.5, 0.6) is 0 Å². The van der Waals surface area contributed by atoms with Crippen molar-refractivity contribution >= 4 is 21.7 Å². The zero-order valence-electron chi connectivity index (χ0n) is 13.0. The number of aromatic nitrogens is 2. The van der Waals surface area contributed by atoms with Crippen molar-refractivity contribution in [3.05, 3.63) is 15.9 Å². The van der Waals surface area contributed by atoms with Crippen molar-refractivity contribution in [2.45, 2.75) is 71.6 Å². The fourth-order valence-electron chi connectivity index (χ4n) is 2.43. The van der Waals surface area contributed by atoms with Gasteiger partial charge in [0.25, 0.3) is 0 Å². The third kappa shape index (κ3) is 5.78. The summed E-state index contributed by atoms with van der Waals surface area (Å²) in [5.74, 6) is 0.322. The Hall–Kier alpha value is -0.640. The van der Waals surface area contributed by atoms with Crippen LogP contribution in [0.2, 0.25) is 0 Å². The maximum atomic E-state index is 12.0. The van der Waals surface area contributed by atoms with Gasteiger partial charge in [-0.3, -0.25) is 9.48 Å². The minimum Gasteiger partial charge on any atom is -0.299 e. The average molecular weight is 343 g/mol. The number of unbranched alkanes of at least 4 members (excludes halogenated alkanes) is 6. The lowest BCUT2D eigenvalue weighted by atomic mass is 10.0. The molecule has 4 heteroatoms. The minimum absolute atomic E-state index is 0.322. The first-order chi connectivity index (χ1) is 9.56. The number of hydrogen-bond donors (Lipinski definition) is 0. The van der Waals surface area contributed by atoms with Crippen LogP contribution in [0.4, 0.5) is 0 Å². The Morgan fingerprint density at radius 2 is 1.75 bits per heavy atom. The van der Waals surface area contributed by atoms with Crippen molar-refractivity contribution < 1.29 is 4.79 Å². The predicted molar refractivity (Wildman–Crippen MR) is 87.0 cm³/mol. The molecule has 0 atom stereocenters. The second kappa shape index (κ2) is 9.32. The van der Waals surface area contributed by atoms with E-state index in [4.69, 9.17) is 0 Å². The van der Waals surface area contributed by atoms with Crippen LogP contribution in [0.1, 0.15) is 69.7 Å². The summed E-state index contributed by atoms with van der Waals surface area (Å²) in [6, 6.07) is 0. The van der Waals surface area contributed by atoms with E-state index in [1.807, 2.05) is 18.7 Å². The molecule has 0 unspecified atom stereocenters. The maximum absolute atomic E-state index is 12.0. The smallest absolute Gasteiger partial charge is 0.138 e. The standard InChI is InChI=1S/C16H27BrN2O/c1-4-5-6-7-8-9-10-11-14(20)12-15-16(17)13(2)18-19(15)3/h4-12H2,1-3H3. The first kappa shape index (κ1) is 17.4. The van der Waals surface area contributed by atoms with Crippen molar-refractivity contribution in [3.8, 4) is 0 Å². The number of halogens is 1. The van der Waals surface area contributed by atoms with Gasteiger partial charge in [-0.15, -0.1) is 0 Å². The molecule has 0 bridgehead atoms. The van der Waals surface area contributed by atoms with Crippen molar-refractivity contribution in [2.24, 2.45) is 7.05 Å². The molecule has 0 amide bonds.